The van der Waals surface area contributed by atoms with Gasteiger partial charge in [0.15, 0.2) is 0 Å². The molecule has 0 aliphatic heterocycles. The van der Waals surface area contributed by atoms with Gasteiger partial charge in [-0.25, -0.2) is 0 Å². The first-order valence-electron chi connectivity index (χ1n) is 22.4. The van der Waals surface area contributed by atoms with Gasteiger partial charge >= 0.3 is 0 Å². The van der Waals surface area contributed by atoms with E-state index in [2.05, 4.69) is 13.8 Å². The molecule has 7 fully saturated rings. The fourth-order valence-corrected chi connectivity index (χ4v) is 15.1. The monoisotopic (exact) mass is 699 g/mol. The molecular weight excluding hydrogens is 624 g/mol. The second-order valence-corrected chi connectivity index (χ2v) is 19.2. The molecule has 49 heavy (non-hydrogen) atoms. The number of rotatable bonds is 12. The lowest BCUT2D eigenvalue weighted by molar-refractivity contribution is -0.132. The normalized spacial score (nSPS) is 46.1. The summed E-state index contributed by atoms with van der Waals surface area (Å²) in [5, 5.41) is 0. The predicted octanol–water partition coefficient (Wildman–Crippen LogP) is 12.4. The van der Waals surface area contributed by atoms with E-state index >= 15 is 0 Å². The Morgan fingerprint density at radius 2 is 1.12 bits per heavy atom. The Kier molecular flexibility index (Phi) is 13.2. The van der Waals surface area contributed by atoms with Gasteiger partial charge < -0.3 is 9.47 Å². The highest BCUT2D eigenvalue weighted by Crippen LogP contribution is 2.72. The van der Waals surface area contributed by atoms with Crippen molar-refractivity contribution in [1.82, 2.24) is 0 Å². The highest BCUT2D eigenvalue weighted by atomic mass is 35.5. The van der Waals surface area contributed by atoms with Crippen LogP contribution in [0.25, 0.3) is 0 Å². The van der Waals surface area contributed by atoms with Crippen molar-refractivity contribution in [3.8, 4) is 0 Å². The summed E-state index contributed by atoms with van der Waals surface area (Å²) >= 11 is 6.85. The highest BCUT2D eigenvalue weighted by molar-refractivity contribution is 6.18. The van der Waals surface area contributed by atoms with E-state index in [1.54, 1.807) is 0 Å². The molecule has 0 aromatic carbocycles. The number of carbonyl (C=O) groups excluding carboxylic acids is 1. The molecule has 4 heteroatoms. The van der Waals surface area contributed by atoms with Crippen LogP contribution in [0.3, 0.4) is 0 Å². The van der Waals surface area contributed by atoms with Crippen LogP contribution in [0.4, 0.5) is 0 Å². The van der Waals surface area contributed by atoms with Crippen molar-refractivity contribution in [2.24, 2.45) is 64.6 Å². The zero-order chi connectivity index (χ0) is 33.8. The average Bonchev–Trinajstić information content (AvgIpc) is 3.46. The molecule has 7 atom stereocenters. The molecule has 7 saturated carbocycles. The quantitative estimate of drug-likeness (QED) is 0.190. The number of ether oxygens (including phenoxy) is 2. The second-order valence-electron chi connectivity index (χ2n) is 18.9. The lowest BCUT2D eigenvalue weighted by Gasteiger charge is -2.58. The van der Waals surface area contributed by atoms with Crippen LogP contribution >= 0.6 is 11.6 Å². The van der Waals surface area contributed by atoms with Gasteiger partial charge in [-0.05, 0) is 181 Å². The summed E-state index contributed by atoms with van der Waals surface area (Å²) in [6, 6.07) is 0. The number of ketones is 1. The number of fused-ring (bicyclic) bond motifs is 3. The van der Waals surface area contributed by atoms with E-state index in [1.807, 2.05) is 0 Å². The minimum absolute atomic E-state index is 0.284. The van der Waals surface area contributed by atoms with Crippen molar-refractivity contribution < 1.29 is 14.3 Å². The summed E-state index contributed by atoms with van der Waals surface area (Å²) in [5.41, 5.74) is 0.586. The van der Waals surface area contributed by atoms with E-state index in [0.29, 0.717) is 29.5 Å². The Bertz CT molecular complexity index is 998. The number of halogens is 1. The van der Waals surface area contributed by atoms with Crippen LogP contribution in [-0.2, 0) is 14.3 Å². The lowest BCUT2D eigenvalue weighted by Crippen LogP contribution is -2.51. The number of carbonyl (C=O) groups is 1. The largest absolute Gasteiger partial charge is 0.378 e. The molecule has 7 aliphatic rings. The second kappa shape index (κ2) is 17.3. The van der Waals surface area contributed by atoms with Crippen LogP contribution in [-0.4, -0.2) is 36.6 Å². The van der Waals surface area contributed by atoms with Gasteiger partial charge in [-0.1, -0.05) is 52.4 Å². The summed E-state index contributed by atoms with van der Waals surface area (Å²) in [6.07, 6.45) is 35.5. The Morgan fingerprint density at radius 1 is 0.592 bits per heavy atom. The Morgan fingerprint density at radius 3 is 1.67 bits per heavy atom. The third-order valence-electron chi connectivity index (χ3n) is 16.7. The van der Waals surface area contributed by atoms with E-state index in [0.717, 1.165) is 118 Å². The fourth-order valence-electron chi connectivity index (χ4n) is 14.7. The van der Waals surface area contributed by atoms with E-state index in [-0.39, 0.29) is 11.8 Å². The minimum Gasteiger partial charge on any atom is -0.378 e. The fraction of sp³-hybridized carbons (Fsp3) is 0.978. The maximum Gasteiger partial charge on any atom is 0.139 e. The first-order valence-corrected chi connectivity index (χ1v) is 23.0. The smallest absolute Gasteiger partial charge is 0.139 e. The van der Waals surface area contributed by atoms with Gasteiger partial charge in [-0.3, -0.25) is 4.79 Å². The molecule has 0 saturated heterocycles. The molecule has 0 aromatic heterocycles. The first-order chi connectivity index (χ1) is 24.1. The van der Waals surface area contributed by atoms with Crippen LogP contribution in [0.1, 0.15) is 181 Å². The topological polar surface area (TPSA) is 35.5 Å². The number of hydrogen-bond acceptors (Lipinski definition) is 3. The maximum absolute atomic E-state index is 13.5. The van der Waals surface area contributed by atoms with Crippen molar-refractivity contribution in [3.05, 3.63) is 0 Å². The van der Waals surface area contributed by atoms with Crippen LogP contribution in [0.15, 0.2) is 0 Å². The Labute approximate surface area is 306 Å². The van der Waals surface area contributed by atoms with Gasteiger partial charge in [0.25, 0.3) is 0 Å². The van der Waals surface area contributed by atoms with Gasteiger partial charge in [-0.2, -0.15) is 0 Å². The van der Waals surface area contributed by atoms with Gasteiger partial charge in [0.2, 0.25) is 0 Å². The third kappa shape index (κ3) is 7.77. The van der Waals surface area contributed by atoms with Crippen molar-refractivity contribution in [1.29, 1.82) is 0 Å². The minimum atomic E-state index is 0.284. The van der Waals surface area contributed by atoms with Crippen LogP contribution < -0.4 is 0 Å². The molecule has 0 heterocycles. The molecule has 7 rings (SSSR count). The Balaban J connectivity index is 0.969. The van der Waals surface area contributed by atoms with E-state index < -0.39 is 0 Å². The molecule has 0 N–H and O–H groups in total. The molecule has 0 aromatic rings. The van der Waals surface area contributed by atoms with E-state index in [1.165, 1.54) is 109 Å². The average molecular weight is 700 g/mol. The van der Waals surface area contributed by atoms with Crippen LogP contribution in [0, 0.1) is 64.6 Å². The summed E-state index contributed by atoms with van der Waals surface area (Å²) in [6.45, 7) is 5.43. The van der Waals surface area contributed by atoms with Gasteiger partial charge in [-0.15, -0.1) is 11.6 Å². The molecule has 0 amide bonds. The van der Waals surface area contributed by atoms with Crippen LogP contribution in [0.2, 0.25) is 0 Å². The maximum atomic E-state index is 13.5. The molecule has 7 aliphatic carbocycles. The lowest BCUT2D eigenvalue weighted by atomic mass is 9.47. The molecule has 0 bridgehead atoms. The summed E-state index contributed by atoms with van der Waals surface area (Å²) < 4.78 is 13.0. The number of hydrogen-bond donors (Lipinski definition) is 0. The van der Waals surface area contributed by atoms with Gasteiger partial charge in [0, 0.05) is 24.3 Å². The van der Waals surface area contributed by atoms with Crippen molar-refractivity contribution in [3.63, 3.8) is 0 Å². The van der Waals surface area contributed by atoms with Gasteiger partial charge in [0.1, 0.15) is 5.78 Å². The zero-order valence-corrected chi connectivity index (χ0v) is 32.7. The van der Waals surface area contributed by atoms with E-state index in [4.69, 9.17) is 21.1 Å². The van der Waals surface area contributed by atoms with E-state index in [9.17, 15) is 4.79 Å². The zero-order valence-electron chi connectivity index (χ0n) is 31.9. The SMILES string of the molecule is CCCOC1CCC(C(=O)C2CCC(OC3CCC(C4(C5CCC(CCC)C(CCl)C5)C5CCCCC5C5CCCCC54)CC3)CC2)CC1. The van der Waals surface area contributed by atoms with Crippen LogP contribution in [0.5, 0.6) is 0 Å². The number of alkyl halides is 1. The van der Waals surface area contributed by atoms with Crippen molar-refractivity contribution >= 4 is 17.4 Å². The summed E-state index contributed by atoms with van der Waals surface area (Å²) in [5.74, 6) is 9.52. The summed E-state index contributed by atoms with van der Waals surface area (Å²) in [4.78, 5) is 13.5. The molecule has 280 valence electrons. The standard InChI is InChI=1S/C45H75ClO3/c1-3-9-31-14-19-36(29-34(31)30-46)45(42-12-7-5-10-40(42)41-11-6-8-13-43(41)45)35-20-26-39(27-21-35)49-38-24-17-33(18-25-38)44(47)32-15-22-37(23-16-32)48-28-4-2/h31-43H,3-30H2,1-2H3. The summed E-state index contributed by atoms with van der Waals surface area (Å²) in [7, 11) is 0. The number of Topliss-reactive ketones (excluding diaryl/α,β-unsaturated/α-hetero) is 1. The van der Waals surface area contributed by atoms with Crippen molar-refractivity contribution in [2.45, 2.75) is 199 Å². The Hall–Kier alpha value is -0.120. The molecule has 0 radical (unpaired) electrons. The third-order valence-corrected chi connectivity index (χ3v) is 17.1. The molecule has 7 unspecified atom stereocenters. The molecule has 0 spiro atoms. The first kappa shape index (κ1) is 37.2. The van der Waals surface area contributed by atoms with Crippen molar-refractivity contribution in [2.75, 3.05) is 12.5 Å². The molecular formula is C45H75ClO3. The predicted molar refractivity (Wildman–Crippen MR) is 203 cm³/mol. The van der Waals surface area contributed by atoms with Gasteiger partial charge in [0.05, 0.1) is 18.3 Å². The highest BCUT2D eigenvalue weighted by Gasteiger charge is 2.65. The molecule has 3 nitrogen and oxygen atoms in total.